The van der Waals surface area contributed by atoms with E-state index in [4.69, 9.17) is 5.11 Å². The van der Waals surface area contributed by atoms with Crippen molar-refractivity contribution in [3.8, 4) is 0 Å². The van der Waals surface area contributed by atoms with Gasteiger partial charge in [0.25, 0.3) is 0 Å². The molecule has 0 spiro atoms. The first-order valence-corrected chi connectivity index (χ1v) is 9.18. The number of thiophene rings is 1. The van der Waals surface area contributed by atoms with Crippen LogP contribution in [0.2, 0.25) is 0 Å². The van der Waals surface area contributed by atoms with E-state index in [9.17, 15) is 9.59 Å². The molecule has 21 heavy (non-hydrogen) atoms. The first-order valence-electron chi connectivity index (χ1n) is 6.90. The molecule has 0 aliphatic carbocycles. The van der Waals surface area contributed by atoms with Crippen LogP contribution in [0.3, 0.4) is 0 Å². The Morgan fingerprint density at radius 2 is 2.14 bits per heavy atom. The number of carboxylic acids is 1. The summed E-state index contributed by atoms with van der Waals surface area (Å²) in [5.41, 5.74) is 0. The molecule has 1 unspecified atom stereocenters. The van der Waals surface area contributed by atoms with E-state index in [0.29, 0.717) is 12.2 Å². The second-order valence-electron chi connectivity index (χ2n) is 4.65. The summed E-state index contributed by atoms with van der Waals surface area (Å²) < 4.78 is 0. The number of thioether (sulfide) groups is 1. The zero-order chi connectivity index (χ0) is 15.7. The molecule has 1 aromatic rings. The van der Waals surface area contributed by atoms with E-state index in [1.54, 1.807) is 23.1 Å². The van der Waals surface area contributed by atoms with Gasteiger partial charge in [0.15, 0.2) is 0 Å². The fourth-order valence-electron chi connectivity index (χ4n) is 1.92. The van der Waals surface area contributed by atoms with Gasteiger partial charge in [-0.3, -0.25) is 0 Å². The molecule has 2 atom stereocenters. The van der Waals surface area contributed by atoms with Crippen LogP contribution in [0.25, 0.3) is 0 Å². The Balaban J connectivity index is 2.58. The van der Waals surface area contributed by atoms with Gasteiger partial charge in [0.05, 0.1) is 6.04 Å². The summed E-state index contributed by atoms with van der Waals surface area (Å²) in [4.78, 5) is 24.2. The van der Waals surface area contributed by atoms with Crippen LogP contribution in [0.1, 0.15) is 37.1 Å². The van der Waals surface area contributed by atoms with Crippen LogP contribution in [0, 0.1) is 0 Å². The van der Waals surface area contributed by atoms with Crippen LogP contribution in [0.5, 0.6) is 0 Å². The second-order valence-corrected chi connectivity index (χ2v) is 6.61. The summed E-state index contributed by atoms with van der Waals surface area (Å²) in [6, 6.07) is 2.59. The van der Waals surface area contributed by atoms with Crippen LogP contribution in [0.15, 0.2) is 17.5 Å². The number of aliphatic carboxylic acids is 1. The van der Waals surface area contributed by atoms with Crippen LogP contribution in [0.4, 0.5) is 4.79 Å². The number of hydrogen-bond acceptors (Lipinski definition) is 4. The lowest BCUT2D eigenvalue weighted by atomic mass is 10.1. The fraction of sp³-hybridized carbons (Fsp3) is 0.571. The third kappa shape index (κ3) is 6.39. The molecule has 0 radical (unpaired) electrons. The molecule has 1 aromatic heterocycles. The molecule has 1 heterocycles. The van der Waals surface area contributed by atoms with E-state index < -0.39 is 18.0 Å². The molecular weight excluding hydrogens is 308 g/mol. The average molecular weight is 330 g/mol. The number of carboxylic acid groups (broad SMARTS) is 1. The number of hydrogen-bond donors (Lipinski definition) is 3. The lowest BCUT2D eigenvalue weighted by Crippen LogP contribution is -2.47. The number of carbonyl (C=O) groups excluding carboxylic acids is 1. The Kier molecular flexibility index (Phi) is 8.22. The van der Waals surface area contributed by atoms with Gasteiger partial charge < -0.3 is 15.7 Å². The second kappa shape index (κ2) is 9.68. The molecule has 5 nitrogen and oxygen atoms in total. The predicted octanol–water partition coefficient (Wildman–Crippen LogP) is 3.09. The van der Waals surface area contributed by atoms with Gasteiger partial charge in [-0.1, -0.05) is 19.4 Å². The summed E-state index contributed by atoms with van der Waals surface area (Å²) in [5.74, 6) is -0.303. The van der Waals surface area contributed by atoms with Crippen molar-refractivity contribution in [1.82, 2.24) is 10.6 Å². The summed E-state index contributed by atoms with van der Waals surface area (Å²) in [7, 11) is 0. The minimum absolute atomic E-state index is 0.0648. The number of urea groups is 1. The normalized spacial score (nSPS) is 13.4. The topological polar surface area (TPSA) is 78.4 Å². The van der Waals surface area contributed by atoms with E-state index in [-0.39, 0.29) is 6.04 Å². The van der Waals surface area contributed by atoms with Crippen molar-refractivity contribution < 1.29 is 14.7 Å². The Morgan fingerprint density at radius 1 is 1.38 bits per heavy atom. The smallest absolute Gasteiger partial charge is 0.326 e. The largest absolute Gasteiger partial charge is 0.480 e. The minimum atomic E-state index is -0.998. The van der Waals surface area contributed by atoms with Gasteiger partial charge in [-0.25, -0.2) is 9.59 Å². The maximum atomic E-state index is 12.0. The lowest BCUT2D eigenvalue weighted by Gasteiger charge is -2.20. The SMILES string of the molecule is CCCC(NC(=O)N[C@H](CCSC)C(=O)O)c1cccs1. The molecule has 0 fully saturated rings. The summed E-state index contributed by atoms with van der Waals surface area (Å²) in [6.45, 7) is 2.05. The van der Waals surface area contributed by atoms with Gasteiger partial charge in [0, 0.05) is 4.88 Å². The standard InChI is InChI=1S/C14H22N2O3S2/c1-3-5-10(12-6-4-8-21-12)15-14(19)16-11(13(17)18)7-9-20-2/h4,6,8,10-11H,3,5,7,9H2,1-2H3,(H,17,18)(H2,15,16,19)/t10?,11-/m1/s1. The lowest BCUT2D eigenvalue weighted by molar-refractivity contribution is -0.139. The third-order valence-electron chi connectivity index (χ3n) is 2.98. The van der Waals surface area contributed by atoms with Crippen molar-refractivity contribution in [3.63, 3.8) is 0 Å². The van der Waals surface area contributed by atoms with E-state index in [1.807, 2.05) is 23.8 Å². The maximum Gasteiger partial charge on any atom is 0.326 e. The summed E-state index contributed by atoms with van der Waals surface area (Å²) in [5, 5.41) is 16.5. The van der Waals surface area contributed by atoms with E-state index in [2.05, 4.69) is 17.6 Å². The maximum absolute atomic E-state index is 12.0. The van der Waals surface area contributed by atoms with Gasteiger partial charge in [0.1, 0.15) is 6.04 Å². The highest BCUT2D eigenvalue weighted by Crippen LogP contribution is 2.23. The van der Waals surface area contributed by atoms with Crippen molar-refractivity contribution in [3.05, 3.63) is 22.4 Å². The van der Waals surface area contributed by atoms with Gasteiger partial charge >= 0.3 is 12.0 Å². The molecule has 7 heteroatoms. The van der Waals surface area contributed by atoms with Crippen LogP contribution >= 0.6 is 23.1 Å². The molecule has 0 bridgehead atoms. The van der Waals surface area contributed by atoms with Crippen molar-refractivity contribution in [2.24, 2.45) is 0 Å². The van der Waals surface area contributed by atoms with E-state index in [1.165, 1.54) is 0 Å². The van der Waals surface area contributed by atoms with Crippen molar-refractivity contribution >= 4 is 35.1 Å². The van der Waals surface area contributed by atoms with Crippen LogP contribution in [-0.4, -0.2) is 35.2 Å². The molecule has 2 amide bonds. The molecule has 118 valence electrons. The van der Waals surface area contributed by atoms with Gasteiger partial charge in [0.2, 0.25) is 0 Å². The molecule has 0 aliphatic heterocycles. The van der Waals surface area contributed by atoms with Gasteiger partial charge in [-0.15, -0.1) is 11.3 Å². The molecular formula is C14H22N2O3S2. The van der Waals surface area contributed by atoms with Crippen molar-refractivity contribution in [2.75, 3.05) is 12.0 Å². The van der Waals surface area contributed by atoms with Crippen molar-refractivity contribution in [1.29, 1.82) is 0 Å². The Bertz CT molecular complexity index is 437. The number of nitrogens with one attached hydrogen (secondary N) is 2. The van der Waals surface area contributed by atoms with Crippen LogP contribution < -0.4 is 10.6 Å². The number of carbonyl (C=O) groups is 2. The number of rotatable bonds is 9. The number of amides is 2. The zero-order valence-corrected chi connectivity index (χ0v) is 13.9. The highest BCUT2D eigenvalue weighted by atomic mass is 32.2. The Morgan fingerprint density at radius 3 is 2.67 bits per heavy atom. The molecule has 0 saturated heterocycles. The minimum Gasteiger partial charge on any atom is -0.480 e. The predicted molar refractivity (Wildman–Crippen MR) is 88.1 cm³/mol. The first-order chi connectivity index (χ1) is 10.1. The summed E-state index contributed by atoms with van der Waals surface area (Å²) in [6.07, 6.45) is 4.10. The van der Waals surface area contributed by atoms with Crippen molar-refractivity contribution in [2.45, 2.75) is 38.3 Å². The highest BCUT2D eigenvalue weighted by Gasteiger charge is 2.21. The highest BCUT2D eigenvalue weighted by molar-refractivity contribution is 7.98. The van der Waals surface area contributed by atoms with Crippen LogP contribution in [-0.2, 0) is 4.79 Å². The Hall–Kier alpha value is -1.21. The van der Waals surface area contributed by atoms with Gasteiger partial charge in [-0.2, -0.15) is 11.8 Å². The molecule has 1 rings (SSSR count). The molecule has 3 N–H and O–H groups in total. The van der Waals surface area contributed by atoms with E-state index >= 15 is 0 Å². The molecule has 0 aromatic carbocycles. The fourth-order valence-corrected chi connectivity index (χ4v) is 3.20. The first kappa shape index (κ1) is 17.8. The monoisotopic (exact) mass is 330 g/mol. The summed E-state index contributed by atoms with van der Waals surface area (Å²) >= 11 is 3.15. The Labute approximate surface area is 133 Å². The van der Waals surface area contributed by atoms with E-state index in [0.717, 1.165) is 17.7 Å². The average Bonchev–Trinajstić information content (AvgIpc) is 2.96. The van der Waals surface area contributed by atoms with Gasteiger partial charge in [-0.05, 0) is 36.3 Å². The quantitative estimate of drug-likeness (QED) is 0.650. The molecule has 0 saturated carbocycles. The third-order valence-corrected chi connectivity index (χ3v) is 4.61. The molecule has 0 aliphatic rings. The zero-order valence-electron chi connectivity index (χ0n) is 12.3.